The molecular weight excluding hydrogens is 238 g/mol. The summed E-state index contributed by atoms with van der Waals surface area (Å²) in [6, 6.07) is 8.82. The highest BCUT2D eigenvalue weighted by molar-refractivity contribution is 5.25. The average molecular weight is 263 g/mol. The first-order chi connectivity index (χ1) is 9.20. The Kier molecular flexibility index (Phi) is 5.37. The number of nitrogens with zero attached hydrogens (tertiary/aromatic N) is 1. The Morgan fingerprint density at radius 1 is 1.16 bits per heavy atom. The van der Waals surface area contributed by atoms with E-state index in [2.05, 4.69) is 43.0 Å². The monoisotopic (exact) mass is 263 g/mol. The fourth-order valence-electron chi connectivity index (χ4n) is 2.67. The summed E-state index contributed by atoms with van der Waals surface area (Å²) in [7, 11) is 0. The van der Waals surface area contributed by atoms with Gasteiger partial charge >= 0.3 is 0 Å². The Labute approximate surface area is 116 Å². The van der Waals surface area contributed by atoms with Gasteiger partial charge in [-0.05, 0) is 23.5 Å². The lowest BCUT2D eigenvalue weighted by Gasteiger charge is -2.33. The fraction of sp³-hybridized carbons (Fsp3) is 0.625. The molecule has 1 saturated heterocycles. The van der Waals surface area contributed by atoms with Gasteiger partial charge in [0.2, 0.25) is 0 Å². The molecule has 19 heavy (non-hydrogen) atoms. The van der Waals surface area contributed by atoms with Crippen LogP contribution in [0.4, 0.5) is 0 Å². The van der Waals surface area contributed by atoms with Crippen LogP contribution in [0.25, 0.3) is 0 Å². The van der Waals surface area contributed by atoms with E-state index in [0.29, 0.717) is 5.92 Å². The fourth-order valence-corrected chi connectivity index (χ4v) is 2.67. The van der Waals surface area contributed by atoms with Crippen molar-refractivity contribution in [3.8, 4) is 0 Å². The van der Waals surface area contributed by atoms with Gasteiger partial charge in [-0.1, -0.05) is 38.1 Å². The van der Waals surface area contributed by atoms with Gasteiger partial charge in [-0.2, -0.15) is 0 Å². The zero-order valence-corrected chi connectivity index (χ0v) is 12.0. The molecule has 0 spiro atoms. The van der Waals surface area contributed by atoms with Crippen LogP contribution in [-0.4, -0.2) is 42.9 Å². The van der Waals surface area contributed by atoms with E-state index in [1.807, 2.05) is 0 Å². The van der Waals surface area contributed by atoms with Crippen molar-refractivity contribution in [2.45, 2.75) is 26.3 Å². The number of morpholine rings is 1. The molecule has 1 aliphatic rings. The SMILES string of the molecule is CC(C)Cc1ccc(C(CO)N2CCOCC2)cc1. The maximum atomic E-state index is 9.66. The summed E-state index contributed by atoms with van der Waals surface area (Å²) >= 11 is 0. The Morgan fingerprint density at radius 3 is 2.32 bits per heavy atom. The second kappa shape index (κ2) is 7.04. The van der Waals surface area contributed by atoms with E-state index in [1.165, 1.54) is 11.1 Å². The maximum Gasteiger partial charge on any atom is 0.0628 e. The van der Waals surface area contributed by atoms with Crippen molar-refractivity contribution in [3.05, 3.63) is 35.4 Å². The third-order valence-electron chi connectivity index (χ3n) is 3.67. The summed E-state index contributed by atoms with van der Waals surface area (Å²) in [5.74, 6) is 0.679. The molecule has 3 heteroatoms. The average Bonchev–Trinajstić information content (AvgIpc) is 2.42. The van der Waals surface area contributed by atoms with Crippen LogP contribution in [0.2, 0.25) is 0 Å². The van der Waals surface area contributed by atoms with Crippen molar-refractivity contribution in [1.82, 2.24) is 4.90 Å². The van der Waals surface area contributed by atoms with Crippen LogP contribution < -0.4 is 0 Å². The first-order valence-corrected chi connectivity index (χ1v) is 7.22. The number of benzene rings is 1. The first kappa shape index (κ1) is 14.5. The second-order valence-corrected chi connectivity index (χ2v) is 5.69. The molecule has 1 fully saturated rings. The van der Waals surface area contributed by atoms with Gasteiger partial charge < -0.3 is 9.84 Å². The van der Waals surface area contributed by atoms with Crippen molar-refractivity contribution in [2.75, 3.05) is 32.9 Å². The van der Waals surface area contributed by atoms with E-state index in [0.717, 1.165) is 32.7 Å². The highest BCUT2D eigenvalue weighted by Gasteiger charge is 2.21. The number of aliphatic hydroxyl groups is 1. The van der Waals surface area contributed by atoms with Crippen LogP contribution >= 0.6 is 0 Å². The molecule has 0 aliphatic carbocycles. The van der Waals surface area contributed by atoms with Gasteiger partial charge in [0.15, 0.2) is 0 Å². The number of ether oxygens (including phenoxy) is 1. The lowest BCUT2D eigenvalue weighted by Crippen LogP contribution is -2.40. The lowest BCUT2D eigenvalue weighted by molar-refractivity contribution is 0.00259. The minimum Gasteiger partial charge on any atom is -0.394 e. The van der Waals surface area contributed by atoms with E-state index in [1.54, 1.807) is 0 Å². The van der Waals surface area contributed by atoms with Crippen molar-refractivity contribution in [3.63, 3.8) is 0 Å². The van der Waals surface area contributed by atoms with Gasteiger partial charge in [-0.15, -0.1) is 0 Å². The second-order valence-electron chi connectivity index (χ2n) is 5.69. The summed E-state index contributed by atoms with van der Waals surface area (Å²) in [5.41, 5.74) is 2.58. The molecule has 1 aromatic rings. The summed E-state index contributed by atoms with van der Waals surface area (Å²) < 4.78 is 5.37. The highest BCUT2D eigenvalue weighted by atomic mass is 16.5. The molecule has 0 amide bonds. The lowest BCUT2D eigenvalue weighted by atomic mass is 9.99. The Balaban J connectivity index is 2.05. The summed E-state index contributed by atoms with van der Waals surface area (Å²) in [5, 5.41) is 9.66. The predicted molar refractivity (Wildman–Crippen MR) is 77.2 cm³/mol. The zero-order valence-electron chi connectivity index (χ0n) is 12.0. The van der Waals surface area contributed by atoms with Gasteiger partial charge in [-0.3, -0.25) is 4.90 Å². The van der Waals surface area contributed by atoms with Gasteiger partial charge in [0, 0.05) is 13.1 Å². The minimum absolute atomic E-state index is 0.108. The molecular formula is C16H25NO2. The minimum atomic E-state index is 0.108. The first-order valence-electron chi connectivity index (χ1n) is 7.22. The molecule has 1 atom stereocenters. The smallest absolute Gasteiger partial charge is 0.0628 e. The predicted octanol–water partition coefficient (Wildman–Crippen LogP) is 2.25. The zero-order chi connectivity index (χ0) is 13.7. The van der Waals surface area contributed by atoms with Crippen molar-refractivity contribution >= 4 is 0 Å². The molecule has 1 aliphatic heterocycles. The Hall–Kier alpha value is -0.900. The molecule has 3 nitrogen and oxygen atoms in total. The van der Waals surface area contributed by atoms with Crippen LogP contribution in [-0.2, 0) is 11.2 Å². The van der Waals surface area contributed by atoms with Gasteiger partial charge in [0.25, 0.3) is 0 Å². The van der Waals surface area contributed by atoms with Gasteiger partial charge in [0.1, 0.15) is 0 Å². The topological polar surface area (TPSA) is 32.7 Å². The summed E-state index contributed by atoms with van der Waals surface area (Å²) in [6.07, 6.45) is 1.11. The third-order valence-corrected chi connectivity index (χ3v) is 3.67. The standard InChI is InChI=1S/C16H25NO2/c1-13(2)11-14-3-5-15(6-4-14)16(12-18)17-7-9-19-10-8-17/h3-6,13,16,18H,7-12H2,1-2H3. The molecule has 1 heterocycles. The van der Waals surface area contributed by atoms with Crippen LogP contribution in [0.1, 0.15) is 31.0 Å². The highest BCUT2D eigenvalue weighted by Crippen LogP contribution is 2.22. The largest absolute Gasteiger partial charge is 0.394 e. The Bertz CT molecular complexity index is 369. The summed E-state index contributed by atoms with van der Waals surface area (Å²) in [4.78, 5) is 2.31. The Morgan fingerprint density at radius 2 is 1.79 bits per heavy atom. The summed E-state index contributed by atoms with van der Waals surface area (Å²) in [6.45, 7) is 7.97. The van der Waals surface area contributed by atoms with Crippen LogP contribution in [0.3, 0.4) is 0 Å². The van der Waals surface area contributed by atoms with E-state index in [4.69, 9.17) is 4.74 Å². The van der Waals surface area contributed by atoms with E-state index >= 15 is 0 Å². The molecule has 0 aromatic heterocycles. The molecule has 2 rings (SSSR count). The molecule has 1 aromatic carbocycles. The van der Waals surface area contributed by atoms with E-state index in [-0.39, 0.29) is 12.6 Å². The van der Waals surface area contributed by atoms with Crippen LogP contribution in [0, 0.1) is 5.92 Å². The van der Waals surface area contributed by atoms with Crippen LogP contribution in [0.15, 0.2) is 24.3 Å². The van der Waals surface area contributed by atoms with Crippen LogP contribution in [0.5, 0.6) is 0 Å². The van der Waals surface area contributed by atoms with Gasteiger partial charge in [-0.25, -0.2) is 0 Å². The van der Waals surface area contributed by atoms with E-state index in [9.17, 15) is 5.11 Å². The number of hydrogen-bond donors (Lipinski definition) is 1. The number of aliphatic hydroxyl groups excluding tert-OH is 1. The molecule has 0 bridgehead atoms. The molecule has 1 unspecified atom stereocenters. The molecule has 0 radical (unpaired) electrons. The third kappa shape index (κ3) is 4.03. The van der Waals surface area contributed by atoms with Crippen molar-refractivity contribution < 1.29 is 9.84 Å². The van der Waals surface area contributed by atoms with Crippen molar-refractivity contribution in [1.29, 1.82) is 0 Å². The number of hydrogen-bond acceptors (Lipinski definition) is 3. The van der Waals surface area contributed by atoms with Crippen molar-refractivity contribution in [2.24, 2.45) is 5.92 Å². The molecule has 106 valence electrons. The number of rotatable bonds is 5. The van der Waals surface area contributed by atoms with Gasteiger partial charge in [0.05, 0.1) is 25.9 Å². The van der Waals surface area contributed by atoms with E-state index < -0.39 is 0 Å². The maximum absolute atomic E-state index is 9.66. The normalized spacial score (nSPS) is 18.7. The quantitative estimate of drug-likeness (QED) is 0.884. The molecule has 0 saturated carbocycles. The molecule has 1 N–H and O–H groups in total.